The molecule has 1 aromatic heterocycles. The molecule has 1 saturated heterocycles. The van der Waals surface area contributed by atoms with Crippen molar-refractivity contribution >= 4 is 17.6 Å². The summed E-state index contributed by atoms with van der Waals surface area (Å²) in [5.74, 6) is 0.502. The SMILES string of the molecule is CC(C)OC(=O)c1cccnc1N1CCN(Cc2ccc(CC(=O)c3ccccc3)cc2)CC1. The molecule has 4 rings (SSSR count). The lowest BCUT2D eigenvalue weighted by Crippen LogP contribution is -2.46. The minimum Gasteiger partial charge on any atom is -0.459 e. The molecule has 6 heteroatoms. The molecule has 1 aliphatic rings. The molecule has 34 heavy (non-hydrogen) atoms. The molecule has 0 saturated carbocycles. The number of nitrogens with zero attached hydrogens (tertiary/aromatic N) is 3. The topological polar surface area (TPSA) is 62.7 Å². The number of aromatic nitrogens is 1. The van der Waals surface area contributed by atoms with Crippen LogP contribution in [0.2, 0.25) is 0 Å². The second-order valence-electron chi connectivity index (χ2n) is 8.87. The molecule has 0 aliphatic carbocycles. The number of ketones is 1. The van der Waals surface area contributed by atoms with Gasteiger partial charge in [-0.3, -0.25) is 9.69 Å². The van der Waals surface area contributed by atoms with Crippen LogP contribution in [0.15, 0.2) is 72.9 Å². The molecule has 0 radical (unpaired) electrons. The molecular formula is C28H31N3O3. The first-order valence-electron chi connectivity index (χ1n) is 11.8. The van der Waals surface area contributed by atoms with Gasteiger partial charge in [-0.2, -0.15) is 0 Å². The summed E-state index contributed by atoms with van der Waals surface area (Å²) in [6, 6.07) is 21.3. The van der Waals surface area contributed by atoms with Crippen LogP contribution in [0.5, 0.6) is 0 Å². The predicted octanol–water partition coefficient (Wildman–Crippen LogP) is 4.39. The van der Waals surface area contributed by atoms with Crippen LogP contribution in [0.25, 0.3) is 0 Å². The van der Waals surface area contributed by atoms with Gasteiger partial charge in [0.05, 0.1) is 6.10 Å². The van der Waals surface area contributed by atoms with Crippen molar-refractivity contribution in [2.45, 2.75) is 32.9 Å². The highest BCUT2D eigenvalue weighted by Gasteiger charge is 2.23. The van der Waals surface area contributed by atoms with Crippen molar-refractivity contribution in [2.75, 3.05) is 31.1 Å². The van der Waals surface area contributed by atoms with Crippen molar-refractivity contribution in [1.82, 2.24) is 9.88 Å². The van der Waals surface area contributed by atoms with Crippen LogP contribution in [-0.4, -0.2) is 53.9 Å². The lowest BCUT2D eigenvalue weighted by molar-refractivity contribution is 0.0378. The largest absolute Gasteiger partial charge is 0.459 e. The summed E-state index contributed by atoms with van der Waals surface area (Å²) in [5, 5.41) is 0. The van der Waals surface area contributed by atoms with Gasteiger partial charge < -0.3 is 9.64 Å². The number of carbonyl (C=O) groups is 2. The van der Waals surface area contributed by atoms with Gasteiger partial charge in [-0.15, -0.1) is 0 Å². The quantitative estimate of drug-likeness (QED) is 0.369. The van der Waals surface area contributed by atoms with Gasteiger partial charge in [0.2, 0.25) is 0 Å². The van der Waals surface area contributed by atoms with Gasteiger partial charge in [0.15, 0.2) is 5.78 Å². The average molecular weight is 458 g/mol. The summed E-state index contributed by atoms with van der Waals surface area (Å²) < 4.78 is 5.39. The number of pyridine rings is 1. The Kier molecular flexibility index (Phi) is 7.70. The third kappa shape index (κ3) is 6.08. The minimum atomic E-state index is -0.327. The van der Waals surface area contributed by atoms with E-state index in [1.807, 2.05) is 56.3 Å². The highest BCUT2D eigenvalue weighted by Crippen LogP contribution is 2.21. The first-order chi connectivity index (χ1) is 16.5. The predicted molar refractivity (Wildman–Crippen MR) is 133 cm³/mol. The van der Waals surface area contributed by atoms with Crippen molar-refractivity contribution in [3.8, 4) is 0 Å². The van der Waals surface area contributed by atoms with Crippen LogP contribution < -0.4 is 4.90 Å². The first kappa shape index (κ1) is 23.6. The Balaban J connectivity index is 1.31. The van der Waals surface area contributed by atoms with Crippen LogP contribution in [0.3, 0.4) is 0 Å². The van der Waals surface area contributed by atoms with Gasteiger partial charge in [-0.05, 0) is 37.1 Å². The monoisotopic (exact) mass is 457 g/mol. The Morgan fingerprint density at radius 1 is 0.882 bits per heavy atom. The van der Waals surface area contributed by atoms with E-state index in [0.29, 0.717) is 17.8 Å². The fraction of sp³-hybridized carbons (Fsp3) is 0.321. The zero-order valence-corrected chi connectivity index (χ0v) is 19.8. The fourth-order valence-corrected chi connectivity index (χ4v) is 4.14. The third-order valence-electron chi connectivity index (χ3n) is 5.91. The second-order valence-corrected chi connectivity index (χ2v) is 8.87. The Morgan fingerprint density at radius 3 is 2.24 bits per heavy atom. The summed E-state index contributed by atoms with van der Waals surface area (Å²) in [6.45, 7) is 7.89. The Hall–Kier alpha value is -3.51. The molecule has 0 bridgehead atoms. The van der Waals surface area contributed by atoms with Crippen LogP contribution in [0, 0.1) is 0 Å². The summed E-state index contributed by atoms with van der Waals surface area (Å²) in [4.78, 5) is 33.9. The molecule has 2 heterocycles. The summed E-state index contributed by atoms with van der Waals surface area (Å²) in [7, 11) is 0. The van der Waals surface area contributed by atoms with Crippen molar-refractivity contribution in [3.63, 3.8) is 0 Å². The highest BCUT2D eigenvalue weighted by molar-refractivity contribution is 5.97. The molecule has 0 unspecified atom stereocenters. The van der Waals surface area contributed by atoms with Crippen LogP contribution in [0.1, 0.15) is 45.7 Å². The lowest BCUT2D eigenvalue weighted by Gasteiger charge is -2.36. The average Bonchev–Trinajstić information content (AvgIpc) is 2.86. The van der Waals surface area contributed by atoms with Gasteiger partial charge in [0, 0.05) is 50.9 Å². The van der Waals surface area contributed by atoms with E-state index in [1.54, 1.807) is 18.3 Å². The van der Waals surface area contributed by atoms with E-state index in [2.05, 4.69) is 26.9 Å². The molecule has 1 fully saturated rings. The molecule has 0 spiro atoms. The normalized spacial score (nSPS) is 14.3. The second kappa shape index (κ2) is 11.1. The Labute approximate surface area is 201 Å². The molecule has 3 aromatic rings. The van der Waals surface area contributed by atoms with Gasteiger partial charge in [-0.1, -0.05) is 54.6 Å². The number of hydrogen-bond acceptors (Lipinski definition) is 6. The lowest BCUT2D eigenvalue weighted by atomic mass is 10.0. The number of Topliss-reactive ketones (excluding diaryl/α,β-unsaturated/α-hetero) is 1. The van der Waals surface area contributed by atoms with Gasteiger partial charge in [-0.25, -0.2) is 9.78 Å². The zero-order chi connectivity index (χ0) is 23.9. The van der Waals surface area contributed by atoms with E-state index in [1.165, 1.54) is 5.56 Å². The zero-order valence-electron chi connectivity index (χ0n) is 19.8. The van der Waals surface area contributed by atoms with Crippen LogP contribution in [0.4, 0.5) is 5.82 Å². The molecule has 1 aliphatic heterocycles. The number of rotatable bonds is 8. The maximum atomic E-state index is 12.5. The van der Waals surface area contributed by atoms with E-state index >= 15 is 0 Å². The van der Waals surface area contributed by atoms with Crippen molar-refractivity contribution < 1.29 is 14.3 Å². The van der Waals surface area contributed by atoms with Crippen LogP contribution in [-0.2, 0) is 17.7 Å². The molecule has 0 atom stereocenters. The Bertz CT molecular complexity index is 1110. The van der Waals surface area contributed by atoms with Gasteiger partial charge >= 0.3 is 5.97 Å². The summed E-state index contributed by atoms with van der Waals surface area (Å²) >= 11 is 0. The van der Waals surface area contributed by atoms with Crippen molar-refractivity contribution in [3.05, 3.63) is 95.2 Å². The van der Waals surface area contributed by atoms with E-state index in [-0.39, 0.29) is 17.9 Å². The minimum absolute atomic E-state index is 0.135. The molecule has 176 valence electrons. The Morgan fingerprint density at radius 2 is 1.56 bits per heavy atom. The van der Waals surface area contributed by atoms with E-state index < -0.39 is 0 Å². The molecule has 6 nitrogen and oxygen atoms in total. The highest BCUT2D eigenvalue weighted by atomic mass is 16.5. The van der Waals surface area contributed by atoms with Crippen molar-refractivity contribution in [2.24, 2.45) is 0 Å². The van der Waals surface area contributed by atoms with E-state index in [9.17, 15) is 9.59 Å². The molecular weight excluding hydrogens is 426 g/mol. The number of carbonyl (C=O) groups excluding carboxylic acids is 2. The van der Waals surface area contributed by atoms with Gasteiger partial charge in [0.25, 0.3) is 0 Å². The number of esters is 1. The number of ether oxygens (including phenoxy) is 1. The number of hydrogen-bond donors (Lipinski definition) is 0. The smallest absolute Gasteiger partial charge is 0.342 e. The van der Waals surface area contributed by atoms with E-state index in [4.69, 9.17) is 4.74 Å². The standard InChI is InChI=1S/C28H31N3O3/c1-21(2)34-28(33)25-9-6-14-29-27(25)31-17-15-30(16-18-31)20-23-12-10-22(11-13-23)19-26(32)24-7-4-3-5-8-24/h3-14,21H,15-20H2,1-2H3. The number of anilines is 1. The van der Waals surface area contributed by atoms with Crippen LogP contribution >= 0.6 is 0 Å². The molecule has 2 aromatic carbocycles. The maximum absolute atomic E-state index is 12.5. The molecule has 0 N–H and O–H groups in total. The first-order valence-corrected chi connectivity index (χ1v) is 11.8. The van der Waals surface area contributed by atoms with Crippen molar-refractivity contribution in [1.29, 1.82) is 0 Å². The summed E-state index contributed by atoms with van der Waals surface area (Å²) in [5.41, 5.74) is 3.52. The number of piperazine rings is 1. The van der Waals surface area contributed by atoms with E-state index in [0.717, 1.165) is 43.9 Å². The summed E-state index contributed by atoms with van der Waals surface area (Å²) in [6.07, 6.45) is 1.97. The fourth-order valence-electron chi connectivity index (χ4n) is 4.14. The van der Waals surface area contributed by atoms with Gasteiger partial charge in [0.1, 0.15) is 11.4 Å². The number of benzene rings is 2. The third-order valence-corrected chi connectivity index (χ3v) is 5.91. The molecule has 0 amide bonds. The maximum Gasteiger partial charge on any atom is 0.342 e.